The van der Waals surface area contributed by atoms with Crippen LogP contribution in [-0.4, -0.2) is 29.1 Å². The number of aromatic nitrogens is 1. The first kappa shape index (κ1) is 9.73. The predicted molar refractivity (Wildman–Crippen MR) is 45.7 cm³/mol. The lowest BCUT2D eigenvalue weighted by Crippen LogP contribution is -2.23. The Morgan fingerprint density at radius 1 is 1.85 bits per heavy atom. The molecule has 1 heterocycles. The second-order valence-corrected chi connectivity index (χ2v) is 2.82. The summed E-state index contributed by atoms with van der Waals surface area (Å²) in [5, 5.41) is 11.5. The monoisotopic (exact) mass is 184 g/mol. The van der Waals surface area contributed by atoms with Gasteiger partial charge in [0, 0.05) is 12.5 Å². The van der Waals surface area contributed by atoms with Crippen LogP contribution < -0.4 is 5.32 Å². The number of nitrogens with zero attached hydrogens (tertiary/aromatic N) is 1. The third-order valence-electron chi connectivity index (χ3n) is 1.74. The van der Waals surface area contributed by atoms with Crippen LogP contribution in [-0.2, 0) is 6.42 Å². The summed E-state index contributed by atoms with van der Waals surface area (Å²) >= 11 is 0. The molecular weight excluding hydrogens is 172 g/mol. The number of carbonyl (C=O) groups is 1. The number of aromatic carboxylic acids is 1. The van der Waals surface area contributed by atoms with Gasteiger partial charge < -0.3 is 14.8 Å². The van der Waals surface area contributed by atoms with Crippen molar-refractivity contribution in [3.63, 3.8) is 0 Å². The van der Waals surface area contributed by atoms with E-state index in [1.54, 1.807) is 0 Å². The van der Waals surface area contributed by atoms with E-state index in [0.717, 1.165) is 0 Å². The number of nitrogens with one attached hydrogen (secondary N) is 1. The van der Waals surface area contributed by atoms with Crippen molar-refractivity contribution in [2.75, 3.05) is 7.05 Å². The van der Waals surface area contributed by atoms with Gasteiger partial charge in [0.2, 0.25) is 5.76 Å². The van der Waals surface area contributed by atoms with Crippen LogP contribution in [0.25, 0.3) is 0 Å². The molecule has 0 bridgehead atoms. The molecule has 0 spiro atoms. The van der Waals surface area contributed by atoms with E-state index < -0.39 is 5.97 Å². The lowest BCUT2D eigenvalue weighted by Gasteiger charge is -2.05. The molecule has 0 amide bonds. The molecule has 5 heteroatoms. The van der Waals surface area contributed by atoms with E-state index in [0.29, 0.717) is 12.3 Å². The number of oxazole rings is 1. The van der Waals surface area contributed by atoms with Crippen molar-refractivity contribution in [3.8, 4) is 0 Å². The van der Waals surface area contributed by atoms with Gasteiger partial charge in [0.05, 0.1) is 6.20 Å². The number of rotatable bonds is 4. The van der Waals surface area contributed by atoms with Gasteiger partial charge in [0.15, 0.2) is 5.89 Å². The zero-order chi connectivity index (χ0) is 9.84. The Kier molecular flexibility index (Phi) is 3.02. The van der Waals surface area contributed by atoms with Gasteiger partial charge in [-0.05, 0) is 14.0 Å². The molecular formula is C8H12N2O3. The molecule has 72 valence electrons. The fourth-order valence-corrected chi connectivity index (χ4v) is 0.867. The average Bonchev–Trinajstić information content (AvgIpc) is 2.52. The zero-order valence-corrected chi connectivity index (χ0v) is 7.57. The zero-order valence-electron chi connectivity index (χ0n) is 7.57. The van der Waals surface area contributed by atoms with E-state index >= 15 is 0 Å². The molecule has 0 aliphatic carbocycles. The van der Waals surface area contributed by atoms with E-state index in [-0.39, 0.29) is 11.8 Å². The molecule has 0 radical (unpaired) electrons. The molecule has 0 saturated heterocycles. The van der Waals surface area contributed by atoms with E-state index in [1.807, 2.05) is 14.0 Å². The highest BCUT2D eigenvalue weighted by atomic mass is 16.4. The molecule has 1 aromatic heterocycles. The van der Waals surface area contributed by atoms with Crippen molar-refractivity contribution in [2.24, 2.45) is 0 Å². The van der Waals surface area contributed by atoms with Crippen molar-refractivity contribution >= 4 is 5.97 Å². The van der Waals surface area contributed by atoms with Gasteiger partial charge in [-0.1, -0.05) is 0 Å². The van der Waals surface area contributed by atoms with Gasteiger partial charge in [-0.25, -0.2) is 9.78 Å². The second kappa shape index (κ2) is 4.04. The third-order valence-corrected chi connectivity index (χ3v) is 1.74. The normalized spacial score (nSPS) is 12.8. The molecule has 0 aliphatic rings. The number of carboxylic acid groups (broad SMARTS) is 1. The number of hydrogen-bond donors (Lipinski definition) is 2. The first-order valence-electron chi connectivity index (χ1n) is 3.98. The lowest BCUT2D eigenvalue weighted by molar-refractivity contribution is 0.0660. The maximum Gasteiger partial charge on any atom is 0.373 e. The highest BCUT2D eigenvalue weighted by Gasteiger charge is 2.11. The van der Waals surface area contributed by atoms with Crippen LogP contribution in [0.1, 0.15) is 23.4 Å². The minimum atomic E-state index is -1.09. The summed E-state index contributed by atoms with van der Waals surface area (Å²) < 4.78 is 4.97. The molecule has 0 saturated carbocycles. The van der Waals surface area contributed by atoms with Crippen molar-refractivity contribution in [2.45, 2.75) is 19.4 Å². The van der Waals surface area contributed by atoms with Crippen LogP contribution in [0.5, 0.6) is 0 Å². The molecule has 13 heavy (non-hydrogen) atoms. The molecule has 0 aliphatic heterocycles. The molecule has 1 atom stereocenters. The van der Waals surface area contributed by atoms with Crippen LogP contribution in [0.4, 0.5) is 0 Å². The molecule has 1 aromatic rings. The van der Waals surface area contributed by atoms with E-state index in [2.05, 4.69) is 10.3 Å². The SMILES string of the molecule is CNC(C)Cc1ncc(C(=O)O)o1. The maximum atomic E-state index is 10.4. The average molecular weight is 184 g/mol. The minimum Gasteiger partial charge on any atom is -0.475 e. The minimum absolute atomic E-state index is 0.113. The number of likely N-dealkylation sites (N-methyl/N-ethyl adjacent to an activating group) is 1. The number of hydrogen-bond acceptors (Lipinski definition) is 4. The standard InChI is InChI=1S/C8H12N2O3/c1-5(9-2)3-7-10-4-6(13-7)8(11)12/h4-5,9H,3H2,1-2H3,(H,11,12). The van der Waals surface area contributed by atoms with Crippen molar-refractivity contribution < 1.29 is 14.3 Å². The molecule has 0 aromatic carbocycles. The maximum absolute atomic E-state index is 10.4. The highest BCUT2D eigenvalue weighted by molar-refractivity contribution is 5.83. The Morgan fingerprint density at radius 3 is 3.00 bits per heavy atom. The summed E-state index contributed by atoms with van der Waals surface area (Å²) in [5.74, 6) is -0.756. The van der Waals surface area contributed by atoms with Crippen LogP contribution in [0.2, 0.25) is 0 Å². The Morgan fingerprint density at radius 2 is 2.54 bits per heavy atom. The Labute approximate surface area is 75.8 Å². The Balaban J connectivity index is 2.64. The van der Waals surface area contributed by atoms with Crippen molar-refractivity contribution in [1.29, 1.82) is 0 Å². The first-order chi connectivity index (χ1) is 6.13. The van der Waals surface area contributed by atoms with Gasteiger partial charge in [-0.3, -0.25) is 0 Å². The predicted octanol–water partition coefficient (Wildman–Crippen LogP) is 0.523. The van der Waals surface area contributed by atoms with E-state index in [9.17, 15) is 4.79 Å². The molecule has 5 nitrogen and oxygen atoms in total. The summed E-state index contributed by atoms with van der Waals surface area (Å²) in [5.41, 5.74) is 0. The second-order valence-electron chi connectivity index (χ2n) is 2.82. The van der Waals surface area contributed by atoms with E-state index in [1.165, 1.54) is 6.20 Å². The van der Waals surface area contributed by atoms with Gasteiger partial charge in [-0.15, -0.1) is 0 Å². The van der Waals surface area contributed by atoms with E-state index in [4.69, 9.17) is 9.52 Å². The molecule has 2 N–H and O–H groups in total. The summed E-state index contributed by atoms with van der Waals surface area (Å²) in [6.07, 6.45) is 1.81. The van der Waals surface area contributed by atoms with Crippen LogP contribution in [0.3, 0.4) is 0 Å². The Hall–Kier alpha value is -1.36. The van der Waals surface area contributed by atoms with Crippen molar-refractivity contribution in [1.82, 2.24) is 10.3 Å². The first-order valence-corrected chi connectivity index (χ1v) is 3.98. The highest BCUT2D eigenvalue weighted by Crippen LogP contribution is 2.05. The summed E-state index contributed by atoms with van der Waals surface area (Å²) in [6.45, 7) is 1.96. The quantitative estimate of drug-likeness (QED) is 0.713. The van der Waals surface area contributed by atoms with Gasteiger partial charge in [-0.2, -0.15) is 0 Å². The van der Waals surface area contributed by atoms with Gasteiger partial charge >= 0.3 is 5.97 Å². The lowest BCUT2D eigenvalue weighted by atomic mass is 10.2. The fraction of sp³-hybridized carbons (Fsp3) is 0.500. The molecule has 0 fully saturated rings. The Bertz CT molecular complexity index is 295. The van der Waals surface area contributed by atoms with Gasteiger partial charge in [0.1, 0.15) is 0 Å². The molecule has 1 rings (SSSR count). The van der Waals surface area contributed by atoms with Crippen molar-refractivity contribution in [3.05, 3.63) is 17.8 Å². The summed E-state index contributed by atoms with van der Waals surface area (Å²) in [4.78, 5) is 14.3. The van der Waals surface area contributed by atoms with Crippen LogP contribution in [0.15, 0.2) is 10.6 Å². The number of carboxylic acids is 1. The molecule has 1 unspecified atom stereocenters. The largest absolute Gasteiger partial charge is 0.475 e. The fourth-order valence-electron chi connectivity index (χ4n) is 0.867. The smallest absolute Gasteiger partial charge is 0.373 e. The van der Waals surface area contributed by atoms with Crippen LogP contribution in [0, 0.1) is 0 Å². The topological polar surface area (TPSA) is 75.4 Å². The van der Waals surface area contributed by atoms with Crippen LogP contribution >= 0.6 is 0 Å². The third kappa shape index (κ3) is 2.55. The summed E-state index contributed by atoms with van der Waals surface area (Å²) in [7, 11) is 1.83. The summed E-state index contributed by atoms with van der Waals surface area (Å²) in [6, 6.07) is 0.222. The van der Waals surface area contributed by atoms with Gasteiger partial charge in [0.25, 0.3) is 0 Å².